The fraction of sp³-hybridized carbons (Fsp3) is 0.429. The van der Waals surface area contributed by atoms with Crippen LogP contribution in [0.25, 0.3) is 11.1 Å². The highest BCUT2D eigenvalue weighted by atomic mass is 16.4. The molecule has 6 heteroatoms. The van der Waals surface area contributed by atoms with E-state index in [-0.39, 0.29) is 6.03 Å². The number of rotatable bonds is 1. The fourth-order valence-corrected chi connectivity index (χ4v) is 2.49. The lowest BCUT2D eigenvalue weighted by atomic mass is 10.2. The van der Waals surface area contributed by atoms with Crippen molar-refractivity contribution in [1.29, 1.82) is 0 Å². The maximum atomic E-state index is 11.2. The summed E-state index contributed by atoms with van der Waals surface area (Å²) in [4.78, 5) is 19.5. The normalized spacial score (nSPS) is 16.4. The Labute approximate surface area is 117 Å². The predicted octanol–water partition coefficient (Wildman–Crippen LogP) is 1.73. The molecule has 20 heavy (non-hydrogen) atoms. The van der Waals surface area contributed by atoms with E-state index < -0.39 is 0 Å². The molecule has 0 aliphatic carbocycles. The molecule has 2 heterocycles. The fourth-order valence-electron chi connectivity index (χ4n) is 2.49. The maximum Gasteiger partial charge on any atom is 0.314 e. The number of primary amides is 1. The Hall–Kier alpha value is -2.24. The van der Waals surface area contributed by atoms with Gasteiger partial charge >= 0.3 is 6.03 Å². The van der Waals surface area contributed by atoms with Gasteiger partial charge in [0.15, 0.2) is 5.58 Å². The molecular formula is C14H18N4O2. The number of aromatic nitrogens is 1. The van der Waals surface area contributed by atoms with E-state index in [4.69, 9.17) is 10.2 Å². The van der Waals surface area contributed by atoms with Crippen molar-refractivity contribution in [3.63, 3.8) is 0 Å². The highest BCUT2D eigenvalue weighted by Gasteiger charge is 2.20. The largest absolute Gasteiger partial charge is 0.423 e. The van der Waals surface area contributed by atoms with Crippen LogP contribution in [0.1, 0.15) is 12.0 Å². The lowest BCUT2D eigenvalue weighted by Crippen LogP contribution is -2.38. The smallest absolute Gasteiger partial charge is 0.314 e. The van der Waals surface area contributed by atoms with Crippen LogP contribution >= 0.6 is 0 Å². The van der Waals surface area contributed by atoms with Crippen LogP contribution in [0.4, 0.5) is 10.8 Å². The number of aryl methyl sites for hydroxylation is 1. The number of hydrogen-bond donors (Lipinski definition) is 1. The number of nitrogens with zero attached hydrogens (tertiary/aromatic N) is 3. The van der Waals surface area contributed by atoms with Gasteiger partial charge in [0.25, 0.3) is 6.01 Å². The van der Waals surface area contributed by atoms with Crippen molar-refractivity contribution >= 4 is 23.1 Å². The van der Waals surface area contributed by atoms with Crippen molar-refractivity contribution < 1.29 is 9.21 Å². The quantitative estimate of drug-likeness (QED) is 0.859. The van der Waals surface area contributed by atoms with Gasteiger partial charge < -0.3 is 20.0 Å². The minimum atomic E-state index is -0.361. The summed E-state index contributed by atoms with van der Waals surface area (Å²) in [5.41, 5.74) is 8.15. The average Bonchev–Trinajstić information content (AvgIpc) is 2.67. The van der Waals surface area contributed by atoms with E-state index in [1.165, 1.54) is 0 Å². The zero-order chi connectivity index (χ0) is 14.1. The van der Waals surface area contributed by atoms with Crippen molar-refractivity contribution in [1.82, 2.24) is 9.88 Å². The number of nitrogens with two attached hydrogens (primary N) is 1. The molecule has 2 N–H and O–H groups in total. The van der Waals surface area contributed by atoms with E-state index in [1.807, 2.05) is 25.1 Å². The molecule has 106 valence electrons. The van der Waals surface area contributed by atoms with Crippen LogP contribution < -0.4 is 10.6 Å². The number of fused-ring (bicyclic) bond motifs is 1. The van der Waals surface area contributed by atoms with Crippen LogP contribution in [0.2, 0.25) is 0 Å². The van der Waals surface area contributed by atoms with Crippen molar-refractivity contribution in [3.8, 4) is 0 Å². The molecule has 1 aliphatic heterocycles. The molecule has 1 saturated heterocycles. The Kier molecular flexibility index (Phi) is 3.22. The summed E-state index contributed by atoms with van der Waals surface area (Å²) in [7, 11) is 0. The predicted molar refractivity (Wildman–Crippen MR) is 76.7 cm³/mol. The minimum Gasteiger partial charge on any atom is -0.423 e. The molecule has 0 bridgehead atoms. The molecule has 0 radical (unpaired) electrons. The average molecular weight is 274 g/mol. The second-order valence-electron chi connectivity index (χ2n) is 5.13. The maximum absolute atomic E-state index is 11.2. The van der Waals surface area contributed by atoms with E-state index in [9.17, 15) is 4.79 Å². The molecule has 0 saturated carbocycles. The van der Waals surface area contributed by atoms with Crippen molar-refractivity contribution in [2.75, 3.05) is 31.1 Å². The number of amides is 2. The lowest BCUT2D eigenvalue weighted by molar-refractivity contribution is 0.211. The van der Waals surface area contributed by atoms with E-state index in [0.29, 0.717) is 25.6 Å². The Bertz CT molecular complexity index is 637. The first-order chi connectivity index (χ1) is 9.63. The first-order valence-corrected chi connectivity index (χ1v) is 6.80. The van der Waals surface area contributed by atoms with Gasteiger partial charge in [0.05, 0.1) is 0 Å². The summed E-state index contributed by atoms with van der Waals surface area (Å²) in [5, 5.41) is 0. The zero-order valence-corrected chi connectivity index (χ0v) is 11.5. The molecule has 1 aromatic heterocycles. The van der Waals surface area contributed by atoms with Gasteiger partial charge in [-0.25, -0.2) is 4.79 Å². The third kappa shape index (κ3) is 2.41. The zero-order valence-electron chi connectivity index (χ0n) is 11.5. The molecule has 1 aliphatic rings. The van der Waals surface area contributed by atoms with Gasteiger partial charge in [-0.05, 0) is 31.0 Å². The van der Waals surface area contributed by atoms with Crippen LogP contribution in [-0.4, -0.2) is 42.1 Å². The van der Waals surface area contributed by atoms with Gasteiger partial charge in [0, 0.05) is 26.2 Å². The van der Waals surface area contributed by atoms with Crippen LogP contribution in [0.15, 0.2) is 22.6 Å². The molecule has 3 rings (SSSR count). The van der Waals surface area contributed by atoms with Gasteiger partial charge in [-0.1, -0.05) is 6.07 Å². The topological polar surface area (TPSA) is 75.6 Å². The summed E-state index contributed by atoms with van der Waals surface area (Å²) in [6, 6.07) is 6.22. The van der Waals surface area contributed by atoms with E-state index >= 15 is 0 Å². The number of benzene rings is 1. The molecule has 0 atom stereocenters. The second kappa shape index (κ2) is 5.03. The summed E-state index contributed by atoms with van der Waals surface area (Å²) >= 11 is 0. The van der Waals surface area contributed by atoms with Crippen LogP contribution in [0, 0.1) is 6.92 Å². The summed E-state index contributed by atoms with van der Waals surface area (Å²) in [6.45, 7) is 4.83. The van der Waals surface area contributed by atoms with Crippen LogP contribution in [-0.2, 0) is 0 Å². The molecule has 0 unspecified atom stereocenters. The van der Waals surface area contributed by atoms with Crippen molar-refractivity contribution in [3.05, 3.63) is 23.8 Å². The van der Waals surface area contributed by atoms with E-state index in [1.54, 1.807) is 4.90 Å². The Morgan fingerprint density at radius 3 is 2.95 bits per heavy atom. The van der Waals surface area contributed by atoms with Crippen LogP contribution in [0.3, 0.4) is 0 Å². The molecule has 6 nitrogen and oxygen atoms in total. The molecular weight excluding hydrogens is 256 g/mol. The molecule has 2 amide bonds. The molecule has 1 fully saturated rings. The number of carbonyl (C=O) groups is 1. The third-order valence-corrected chi connectivity index (χ3v) is 3.61. The number of urea groups is 1. The minimum absolute atomic E-state index is 0.361. The first kappa shape index (κ1) is 12.8. The van der Waals surface area contributed by atoms with Crippen molar-refractivity contribution in [2.45, 2.75) is 13.3 Å². The van der Waals surface area contributed by atoms with Gasteiger partial charge in [-0.15, -0.1) is 0 Å². The SMILES string of the molecule is Cc1ccc2oc(N3CCCN(C(N)=O)CC3)nc2c1. The molecule has 2 aromatic rings. The lowest BCUT2D eigenvalue weighted by Gasteiger charge is -2.19. The summed E-state index contributed by atoms with van der Waals surface area (Å²) in [6.07, 6.45) is 0.862. The number of carbonyl (C=O) groups excluding carboxylic acids is 1. The Morgan fingerprint density at radius 2 is 2.15 bits per heavy atom. The molecule has 0 spiro atoms. The third-order valence-electron chi connectivity index (χ3n) is 3.61. The Balaban J connectivity index is 1.82. The van der Waals surface area contributed by atoms with Crippen LogP contribution in [0.5, 0.6) is 0 Å². The highest BCUT2D eigenvalue weighted by molar-refractivity contribution is 5.75. The second-order valence-corrected chi connectivity index (χ2v) is 5.13. The number of hydrogen-bond acceptors (Lipinski definition) is 4. The standard InChI is InChI=1S/C14H18N4O2/c1-10-3-4-12-11(9-10)16-14(20-12)18-6-2-5-17(7-8-18)13(15)19/h3-4,9H,2,5-8H2,1H3,(H2,15,19). The molecule has 1 aromatic carbocycles. The van der Waals surface area contributed by atoms with Gasteiger partial charge in [-0.3, -0.25) is 0 Å². The summed E-state index contributed by atoms with van der Waals surface area (Å²) in [5.74, 6) is 0. The van der Waals surface area contributed by atoms with E-state index in [0.717, 1.165) is 29.6 Å². The van der Waals surface area contributed by atoms with E-state index in [2.05, 4.69) is 9.88 Å². The Morgan fingerprint density at radius 1 is 1.30 bits per heavy atom. The van der Waals surface area contributed by atoms with Crippen molar-refractivity contribution in [2.24, 2.45) is 5.73 Å². The summed E-state index contributed by atoms with van der Waals surface area (Å²) < 4.78 is 5.79. The number of anilines is 1. The first-order valence-electron chi connectivity index (χ1n) is 6.80. The van der Waals surface area contributed by atoms with Gasteiger partial charge in [0.2, 0.25) is 0 Å². The monoisotopic (exact) mass is 274 g/mol. The van der Waals surface area contributed by atoms with Gasteiger partial charge in [-0.2, -0.15) is 4.98 Å². The highest BCUT2D eigenvalue weighted by Crippen LogP contribution is 2.23. The van der Waals surface area contributed by atoms with Gasteiger partial charge in [0.1, 0.15) is 5.52 Å². The number of oxazole rings is 1.